The molecule has 1 aromatic rings. The fraction of sp³-hybridized carbons (Fsp3) is 0.867. The minimum absolute atomic E-state index is 0.418. The average molecular weight is 295 g/mol. The molecule has 0 amide bonds. The summed E-state index contributed by atoms with van der Waals surface area (Å²) in [6.45, 7) is 10.00. The van der Waals surface area contributed by atoms with Crippen LogP contribution in [0, 0.1) is 5.92 Å². The maximum absolute atomic E-state index is 5.66. The molecule has 1 N–H and O–H groups in total. The number of likely N-dealkylation sites (N-methyl/N-ethyl adjacent to an activating group) is 1. The number of rotatable bonds is 9. The smallest absolute Gasteiger partial charge is 0.0964 e. The summed E-state index contributed by atoms with van der Waals surface area (Å²) < 4.78 is 7.59. The summed E-state index contributed by atoms with van der Waals surface area (Å²) in [6, 6.07) is 0. The Bertz CT molecular complexity index is 401. The third-order valence-corrected chi connectivity index (χ3v) is 3.69. The molecule has 0 saturated carbocycles. The highest BCUT2D eigenvalue weighted by Gasteiger charge is 2.17. The molecule has 0 spiro atoms. The van der Waals surface area contributed by atoms with Gasteiger partial charge in [0.05, 0.1) is 18.3 Å². The van der Waals surface area contributed by atoms with Gasteiger partial charge in [0.1, 0.15) is 0 Å². The van der Waals surface area contributed by atoms with E-state index in [1.807, 2.05) is 10.9 Å². The van der Waals surface area contributed by atoms with Gasteiger partial charge < -0.3 is 15.0 Å². The van der Waals surface area contributed by atoms with Gasteiger partial charge in [0, 0.05) is 32.4 Å². The molecule has 1 unspecified atom stereocenters. The Balaban J connectivity index is 1.64. The number of hydrogen-bond donors (Lipinski definition) is 1. The van der Waals surface area contributed by atoms with E-state index in [9.17, 15) is 0 Å². The largest absolute Gasteiger partial charge is 0.377 e. The summed E-state index contributed by atoms with van der Waals surface area (Å²) in [5.41, 5.74) is 1.01. The van der Waals surface area contributed by atoms with Crippen LogP contribution in [0.5, 0.6) is 0 Å². The second-order valence-corrected chi connectivity index (χ2v) is 6.39. The third-order valence-electron chi connectivity index (χ3n) is 3.69. The molecule has 120 valence electrons. The standard InChI is InChI=1S/C15H29N5O/c1-13(2)9-16-10-14-11-20(18-17-14)7-6-19(3)12-15-5-4-8-21-15/h11,13,15-16H,4-10,12H2,1-3H3. The zero-order valence-electron chi connectivity index (χ0n) is 13.6. The Hall–Kier alpha value is -0.980. The Morgan fingerprint density at radius 3 is 3.10 bits per heavy atom. The molecule has 0 radical (unpaired) electrons. The fourth-order valence-corrected chi connectivity index (χ4v) is 2.52. The van der Waals surface area contributed by atoms with Gasteiger partial charge in [-0.3, -0.25) is 4.68 Å². The number of hydrogen-bond acceptors (Lipinski definition) is 5. The van der Waals surface area contributed by atoms with E-state index in [4.69, 9.17) is 4.74 Å². The molecular formula is C15H29N5O. The van der Waals surface area contributed by atoms with E-state index in [-0.39, 0.29) is 0 Å². The second kappa shape index (κ2) is 8.46. The first kappa shape index (κ1) is 16.4. The summed E-state index contributed by atoms with van der Waals surface area (Å²) in [4.78, 5) is 2.31. The van der Waals surface area contributed by atoms with Crippen molar-refractivity contribution in [1.82, 2.24) is 25.2 Å². The monoisotopic (exact) mass is 295 g/mol. The molecule has 1 aromatic heterocycles. The Morgan fingerprint density at radius 2 is 2.38 bits per heavy atom. The third kappa shape index (κ3) is 6.11. The highest BCUT2D eigenvalue weighted by atomic mass is 16.5. The van der Waals surface area contributed by atoms with Gasteiger partial charge in [0.15, 0.2) is 0 Å². The molecule has 6 nitrogen and oxygen atoms in total. The van der Waals surface area contributed by atoms with Crippen LogP contribution in [-0.4, -0.2) is 59.3 Å². The molecule has 2 rings (SSSR count). The van der Waals surface area contributed by atoms with Crippen molar-refractivity contribution < 1.29 is 4.74 Å². The predicted molar refractivity (Wildman–Crippen MR) is 83.0 cm³/mol. The van der Waals surface area contributed by atoms with Crippen LogP contribution in [-0.2, 0) is 17.8 Å². The van der Waals surface area contributed by atoms with Crippen molar-refractivity contribution in [2.75, 3.05) is 33.3 Å². The molecule has 1 atom stereocenters. The average Bonchev–Trinajstić information content (AvgIpc) is 3.07. The van der Waals surface area contributed by atoms with Crippen molar-refractivity contribution >= 4 is 0 Å². The zero-order valence-corrected chi connectivity index (χ0v) is 13.6. The summed E-state index contributed by atoms with van der Waals surface area (Å²) >= 11 is 0. The topological polar surface area (TPSA) is 55.2 Å². The van der Waals surface area contributed by atoms with E-state index < -0.39 is 0 Å². The lowest BCUT2D eigenvalue weighted by molar-refractivity contribution is 0.0800. The summed E-state index contributed by atoms with van der Waals surface area (Å²) in [5, 5.41) is 11.8. The first-order valence-electron chi connectivity index (χ1n) is 8.03. The van der Waals surface area contributed by atoms with Crippen LogP contribution >= 0.6 is 0 Å². The molecule has 1 saturated heterocycles. The van der Waals surface area contributed by atoms with E-state index >= 15 is 0 Å². The lowest BCUT2D eigenvalue weighted by atomic mass is 10.2. The minimum Gasteiger partial charge on any atom is -0.377 e. The normalized spacial score (nSPS) is 19.0. The number of nitrogens with one attached hydrogen (secondary N) is 1. The summed E-state index contributed by atoms with van der Waals surface area (Å²) in [7, 11) is 2.14. The van der Waals surface area contributed by atoms with E-state index in [0.29, 0.717) is 12.0 Å². The molecule has 1 aliphatic heterocycles. The van der Waals surface area contributed by atoms with Crippen LogP contribution < -0.4 is 5.32 Å². The van der Waals surface area contributed by atoms with Crippen molar-refractivity contribution in [1.29, 1.82) is 0 Å². The number of ether oxygens (including phenoxy) is 1. The van der Waals surface area contributed by atoms with E-state index in [2.05, 4.69) is 41.4 Å². The maximum atomic E-state index is 5.66. The first-order chi connectivity index (χ1) is 10.1. The molecule has 0 aliphatic carbocycles. The molecule has 2 heterocycles. The lowest BCUT2D eigenvalue weighted by Gasteiger charge is -2.20. The van der Waals surface area contributed by atoms with Crippen LogP contribution in [0.2, 0.25) is 0 Å². The van der Waals surface area contributed by atoms with Crippen LogP contribution in [0.4, 0.5) is 0 Å². The van der Waals surface area contributed by atoms with E-state index in [1.165, 1.54) is 12.8 Å². The summed E-state index contributed by atoms with van der Waals surface area (Å²) in [5.74, 6) is 0.659. The van der Waals surface area contributed by atoms with Crippen LogP contribution in [0.1, 0.15) is 32.4 Å². The molecule has 0 bridgehead atoms. The first-order valence-corrected chi connectivity index (χ1v) is 8.03. The number of nitrogens with zero attached hydrogens (tertiary/aromatic N) is 4. The van der Waals surface area contributed by atoms with Crippen molar-refractivity contribution in [2.45, 2.75) is 45.9 Å². The zero-order chi connectivity index (χ0) is 15.1. The van der Waals surface area contributed by atoms with Crippen LogP contribution in [0.25, 0.3) is 0 Å². The Labute approximate surface area is 127 Å². The Kier molecular flexibility index (Phi) is 6.60. The van der Waals surface area contributed by atoms with Crippen LogP contribution in [0.3, 0.4) is 0 Å². The van der Waals surface area contributed by atoms with Crippen molar-refractivity contribution in [2.24, 2.45) is 5.92 Å². The van der Waals surface area contributed by atoms with Gasteiger partial charge in [-0.1, -0.05) is 19.1 Å². The van der Waals surface area contributed by atoms with Gasteiger partial charge in [0.25, 0.3) is 0 Å². The van der Waals surface area contributed by atoms with Crippen LogP contribution in [0.15, 0.2) is 6.20 Å². The van der Waals surface area contributed by atoms with Gasteiger partial charge >= 0.3 is 0 Å². The second-order valence-electron chi connectivity index (χ2n) is 6.39. The SMILES string of the molecule is CC(C)CNCc1cn(CCN(C)CC2CCCO2)nn1. The van der Waals surface area contributed by atoms with Gasteiger partial charge in [-0.15, -0.1) is 5.10 Å². The molecule has 1 aliphatic rings. The number of aromatic nitrogens is 3. The van der Waals surface area contributed by atoms with E-state index in [1.54, 1.807) is 0 Å². The van der Waals surface area contributed by atoms with E-state index in [0.717, 1.165) is 45.0 Å². The Morgan fingerprint density at radius 1 is 1.52 bits per heavy atom. The predicted octanol–water partition coefficient (Wildman–Crippen LogP) is 1.13. The molecule has 6 heteroatoms. The van der Waals surface area contributed by atoms with Crippen molar-refractivity contribution in [3.8, 4) is 0 Å². The molecule has 0 aromatic carbocycles. The van der Waals surface area contributed by atoms with Crippen molar-refractivity contribution in [3.63, 3.8) is 0 Å². The molecular weight excluding hydrogens is 266 g/mol. The quantitative estimate of drug-likeness (QED) is 0.740. The highest BCUT2D eigenvalue weighted by molar-refractivity contribution is 4.91. The van der Waals surface area contributed by atoms with Crippen molar-refractivity contribution in [3.05, 3.63) is 11.9 Å². The minimum atomic E-state index is 0.418. The molecule has 1 fully saturated rings. The maximum Gasteiger partial charge on any atom is 0.0964 e. The van der Waals surface area contributed by atoms with Gasteiger partial charge in [-0.25, -0.2) is 0 Å². The fourth-order valence-electron chi connectivity index (χ4n) is 2.52. The highest BCUT2D eigenvalue weighted by Crippen LogP contribution is 2.12. The van der Waals surface area contributed by atoms with Gasteiger partial charge in [-0.2, -0.15) is 0 Å². The lowest BCUT2D eigenvalue weighted by Crippen LogP contribution is -2.31. The molecule has 21 heavy (non-hydrogen) atoms. The summed E-state index contributed by atoms with van der Waals surface area (Å²) in [6.07, 6.45) is 4.85. The van der Waals surface area contributed by atoms with Gasteiger partial charge in [0.2, 0.25) is 0 Å². The van der Waals surface area contributed by atoms with Gasteiger partial charge in [-0.05, 0) is 32.4 Å².